The van der Waals surface area contributed by atoms with Crippen LogP contribution in [0.3, 0.4) is 0 Å². The van der Waals surface area contributed by atoms with Gasteiger partial charge in [0.05, 0.1) is 16.6 Å². The molecule has 0 aliphatic heterocycles. The van der Waals surface area contributed by atoms with E-state index < -0.39 is 0 Å². The summed E-state index contributed by atoms with van der Waals surface area (Å²) in [5.41, 5.74) is 2.03. The van der Waals surface area contributed by atoms with Crippen LogP contribution in [0.2, 0.25) is 0 Å². The minimum Gasteiger partial charge on any atom is -0.369 e. The highest BCUT2D eigenvalue weighted by Crippen LogP contribution is 2.21. The van der Waals surface area contributed by atoms with Crippen molar-refractivity contribution < 1.29 is 0 Å². The third-order valence-corrected chi connectivity index (χ3v) is 2.20. The van der Waals surface area contributed by atoms with Gasteiger partial charge in [0.25, 0.3) is 0 Å². The minimum absolute atomic E-state index is 0.926. The number of nitrogens with zero attached hydrogens (tertiary/aromatic N) is 2. The summed E-state index contributed by atoms with van der Waals surface area (Å²) in [5, 5.41) is 11.5. The number of hydrogen-bond donors (Lipinski definition) is 2. The molecule has 0 amide bonds. The summed E-state index contributed by atoms with van der Waals surface area (Å²) in [7, 11) is 0. The topological polar surface area (TPSA) is 53.6 Å². The maximum Gasteiger partial charge on any atom is 0.137 e. The first-order valence-electron chi connectivity index (χ1n) is 4.86. The van der Waals surface area contributed by atoms with Crippen molar-refractivity contribution >= 4 is 16.7 Å². The molecule has 0 aromatic carbocycles. The first-order chi connectivity index (χ1) is 6.83. The van der Waals surface area contributed by atoms with Crippen LogP contribution < -0.4 is 5.32 Å². The number of rotatable bonds is 3. The third-order valence-electron chi connectivity index (χ3n) is 2.20. The maximum atomic E-state index is 4.31. The molecule has 0 fully saturated rings. The van der Waals surface area contributed by atoms with Crippen molar-refractivity contribution in [1.82, 2.24) is 15.2 Å². The molecule has 2 aromatic rings. The molecule has 0 spiro atoms. The van der Waals surface area contributed by atoms with E-state index in [0.717, 1.165) is 35.4 Å². The Labute approximate surface area is 82.7 Å². The summed E-state index contributed by atoms with van der Waals surface area (Å²) in [6, 6.07) is 1.94. The molecule has 2 heterocycles. The molecule has 0 bridgehead atoms. The lowest BCUT2D eigenvalue weighted by Gasteiger charge is -2.04. The van der Waals surface area contributed by atoms with Crippen molar-refractivity contribution in [1.29, 1.82) is 0 Å². The molecule has 14 heavy (non-hydrogen) atoms. The smallest absolute Gasteiger partial charge is 0.137 e. The van der Waals surface area contributed by atoms with E-state index in [9.17, 15) is 0 Å². The van der Waals surface area contributed by atoms with Crippen molar-refractivity contribution in [2.75, 3.05) is 11.9 Å². The number of H-pyrrole nitrogens is 1. The molecule has 0 saturated carbocycles. The van der Waals surface area contributed by atoms with Gasteiger partial charge in [0.1, 0.15) is 5.82 Å². The van der Waals surface area contributed by atoms with Crippen molar-refractivity contribution in [3.8, 4) is 0 Å². The summed E-state index contributed by atoms with van der Waals surface area (Å²) in [5.74, 6) is 0.926. The van der Waals surface area contributed by atoms with Gasteiger partial charge in [-0.2, -0.15) is 5.10 Å². The average Bonchev–Trinajstić information content (AvgIpc) is 2.58. The fraction of sp³-hybridized carbons (Fsp3) is 0.400. The van der Waals surface area contributed by atoms with Crippen LogP contribution in [0.5, 0.6) is 0 Å². The number of pyridine rings is 1. The van der Waals surface area contributed by atoms with E-state index in [2.05, 4.69) is 27.4 Å². The van der Waals surface area contributed by atoms with Crippen molar-refractivity contribution in [2.45, 2.75) is 20.3 Å². The van der Waals surface area contributed by atoms with Gasteiger partial charge in [-0.05, 0) is 19.4 Å². The molecule has 74 valence electrons. The largest absolute Gasteiger partial charge is 0.369 e. The fourth-order valence-corrected chi connectivity index (χ4v) is 1.50. The van der Waals surface area contributed by atoms with E-state index in [1.165, 1.54) is 0 Å². The standard InChI is InChI=1S/C10H14N4/c1-3-5-11-10-9-7(2)13-14-8(9)4-6-12-10/h4,6H,3,5H2,1-2H3,(H,11,12)(H,13,14). The van der Waals surface area contributed by atoms with Crippen molar-refractivity contribution in [3.05, 3.63) is 18.0 Å². The van der Waals surface area contributed by atoms with Crippen LogP contribution in [0.4, 0.5) is 5.82 Å². The molecule has 0 aliphatic rings. The zero-order valence-electron chi connectivity index (χ0n) is 8.46. The highest BCUT2D eigenvalue weighted by molar-refractivity contribution is 5.91. The second kappa shape index (κ2) is 3.65. The molecule has 0 atom stereocenters. The van der Waals surface area contributed by atoms with Gasteiger partial charge in [0.2, 0.25) is 0 Å². The van der Waals surface area contributed by atoms with Crippen LogP contribution in [0.25, 0.3) is 10.9 Å². The van der Waals surface area contributed by atoms with Crippen LogP contribution in [0.1, 0.15) is 19.0 Å². The minimum atomic E-state index is 0.926. The first-order valence-corrected chi connectivity index (χ1v) is 4.86. The second-order valence-electron chi connectivity index (χ2n) is 3.32. The lowest BCUT2D eigenvalue weighted by Crippen LogP contribution is -2.02. The zero-order valence-corrected chi connectivity index (χ0v) is 8.46. The second-order valence-corrected chi connectivity index (χ2v) is 3.32. The van der Waals surface area contributed by atoms with Crippen molar-refractivity contribution in [2.24, 2.45) is 0 Å². The summed E-state index contributed by atoms with van der Waals surface area (Å²) in [6.07, 6.45) is 2.88. The summed E-state index contributed by atoms with van der Waals surface area (Å²) in [6.45, 7) is 5.06. The molecule has 2 aromatic heterocycles. The van der Waals surface area contributed by atoms with Gasteiger partial charge in [-0.3, -0.25) is 5.10 Å². The van der Waals surface area contributed by atoms with E-state index in [0.29, 0.717) is 0 Å². The molecular weight excluding hydrogens is 176 g/mol. The van der Waals surface area contributed by atoms with Crippen LogP contribution in [-0.4, -0.2) is 21.7 Å². The van der Waals surface area contributed by atoms with Crippen molar-refractivity contribution in [3.63, 3.8) is 0 Å². The van der Waals surface area contributed by atoms with Gasteiger partial charge >= 0.3 is 0 Å². The zero-order chi connectivity index (χ0) is 9.97. The Morgan fingerprint density at radius 3 is 3.14 bits per heavy atom. The first kappa shape index (κ1) is 8.99. The highest BCUT2D eigenvalue weighted by Gasteiger charge is 2.06. The SMILES string of the molecule is CCCNc1nccc2[nH]nc(C)c12. The summed E-state index contributed by atoms with van der Waals surface area (Å²) >= 11 is 0. The van der Waals surface area contributed by atoms with Gasteiger partial charge in [-0.1, -0.05) is 6.92 Å². The number of fused-ring (bicyclic) bond motifs is 1. The van der Waals surface area contributed by atoms with E-state index in [1.807, 2.05) is 13.0 Å². The van der Waals surface area contributed by atoms with Crippen LogP contribution in [0.15, 0.2) is 12.3 Å². The van der Waals surface area contributed by atoms with Crippen LogP contribution in [-0.2, 0) is 0 Å². The number of nitrogens with one attached hydrogen (secondary N) is 2. The molecule has 4 heteroatoms. The van der Waals surface area contributed by atoms with Gasteiger partial charge in [-0.15, -0.1) is 0 Å². The molecule has 2 rings (SSSR count). The van der Waals surface area contributed by atoms with E-state index in [1.54, 1.807) is 6.20 Å². The molecule has 0 unspecified atom stereocenters. The molecule has 4 nitrogen and oxygen atoms in total. The Hall–Kier alpha value is -1.58. The highest BCUT2D eigenvalue weighted by atomic mass is 15.1. The number of aromatic amines is 1. The number of aryl methyl sites for hydroxylation is 1. The Bertz CT molecular complexity index is 433. The van der Waals surface area contributed by atoms with E-state index >= 15 is 0 Å². The number of aromatic nitrogens is 3. The molecule has 0 aliphatic carbocycles. The average molecular weight is 190 g/mol. The maximum absolute atomic E-state index is 4.31. The normalized spacial score (nSPS) is 10.7. The Balaban J connectivity index is 2.46. The number of anilines is 1. The summed E-state index contributed by atoms with van der Waals surface area (Å²) in [4.78, 5) is 4.31. The molecular formula is C10H14N4. The molecule has 0 saturated heterocycles. The molecule has 0 radical (unpaired) electrons. The Morgan fingerprint density at radius 1 is 1.50 bits per heavy atom. The fourth-order valence-electron chi connectivity index (χ4n) is 1.50. The van der Waals surface area contributed by atoms with Crippen LogP contribution in [0, 0.1) is 6.92 Å². The van der Waals surface area contributed by atoms with Gasteiger partial charge in [-0.25, -0.2) is 4.98 Å². The quantitative estimate of drug-likeness (QED) is 0.779. The summed E-state index contributed by atoms with van der Waals surface area (Å²) < 4.78 is 0. The van der Waals surface area contributed by atoms with Gasteiger partial charge < -0.3 is 5.32 Å². The van der Waals surface area contributed by atoms with Gasteiger partial charge in [0.15, 0.2) is 0 Å². The number of hydrogen-bond acceptors (Lipinski definition) is 3. The predicted molar refractivity (Wildman–Crippen MR) is 57.4 cm³/mol. The van der Waals surface area contributed by atoms with E-state index in [4.69, 9.17) is 0 Å². The Morgan fingerprint density at radius 2 is 2.36 bits per heavy atom. The lowest BCUT2D eigenvalue weighted by molar-refractivity contribution is 0.972. The lowest BCUT2D eigenvalue weighted by atomic mass is 10.2. The Kier molecular flexibility index (Phi) is 2.35. The molecule has 2 N–H and O–H groups in total. The monoisotopic (exact) mass is 190 g/mol. The third kappa shape index (κ3) is 1.43. The van der Waals surface area contributed by atoms with E-state index in [-0.39, 0.29) is 0 Å². The predicted octanol–water partition coefficient (Wildman–Crippen LogP) is 2.09. The van der Waals surface area contributed by atoms with Gasteiger partial charge in [0, 0.05) is 12.7 Å². The van der Waals surface area contributed by atoms with Crippen LogP contribution >= 0.6 is 0 Å².